The Morgan fingerprint density at radius 2 is 1.79 bits per heavy atom. The van der Waals surface area contributed by atoms with Crippen LogP contribution in [0.5, 0.6) is 5.75 Å². The maximum Gasteiger partial charge on any atom is 0.290 e. The molecule has 0 bridgehead atoms. The summed E-state index contributed by atoms with van der Waals surface area (Å²) in [5, 5.41) is 16.4. The zero-order valence-electron chi connectivity index (χ0n) is 16.2. The first-order valence-electron chi connectivity index (χ1n) is 9.44. The van der Waals surface area contributed by atoms with Crippen molar-refractivity contribution in [3.8, 4) is 5.75 Å². The van der Waals surface area contributed by atoms with E-state index in [4.69, 9.17) is 9.90 Å². The number of aromatic nitrogens is 1. The van der Waals surface area contributed by atoms with Gasteiger partial charge in [0.1, 0.15) is 5.75 Å². The average Bonchev–Trinajstić information content (AvgIpc) is 2.94. The van der Waals surface area contributed by atoms with Crippen LogP contribution >= 0.6 is 0 Å². The van der Waals surface area contributed by atoms with Crippen molar-refractivity contribution >= 4 is 18.3 Å². The second-order valence-electron chi connectivity index (χ2n) is 7.11. The van der Waals surface area contributed by atoms with Crippen LogP contribution in [0.2, 0.25) is 0 Å². The normalized spacial score (nSPS) is 20.5. The minimum absolute atomic E-state index is 0.0149. The van der Waals surface area contributed by atoms with Crippen LogP contribution in [-0.4, -0.2) is 94.5 Å². The molecule has 0 aromatic carbocycles. The summed E-state index contributed by atoms with van der Waals surface area (Å²) in [5.41, 5.74) is 0.383. The van der Waals surface area contributed by atoms with Crippen molar-refractivity contribution in [2.75, 3.05) is 46.3 Å². The van der Waals surface area contributed by atoms with Gasteiger partial charge in [0, 0.05) is 38.9 Å². The van der Waals surface area contributed by atoms with Gasteiger partial charge < -0.3 is 24.9 Å². The molecule has 1 unspecified atom stereocenters. The molecule has 28 heavy (non-hydrogen) atoms. The quantitative estimate of drug-likeness (QED) is 0.705. The molecule has 2 aliphatic heterocycles. The molecule has 0 saturated carbocycles. The van der Waals surface area contributed by atoms with Crippen LogP contribution in [0.25, 0.3) is 0 Å². The van der Waals surface area contributed by atoms with Crippen molar-refractivity contribution in [3.05, 3.63) is 24.0 Å². The van der Waals surface area contributed by atoms with Gasteiger partial charge in [-0.2, -0.15) is 0 Å². The number of carboxylic acid groups (broad SMARTS) is 1. The van der Waals surface area contributed by atoms with E-state index in [0.29, 0.717) is 31.7 Å². The average molecular weight is 392 g/mol. The summed E-state index contributed by atoms with van der Waals surface area (Å²) in [4.78, 5) is 43.5. The topological polar surface area (TPSA) is 114 Å². The van der Waals surface area contributed by atoms with Crippen molar-refractivity contribution in [1.29, 1.82) is 0 Å². The van der Waals surface area contributed by atoms with Crippen molar-refractivity contribution in [2.24, 2.45) is 5.92 Å². The Morgan fingerprint density at radius 3 is 2.46 bits per heavy atom. The predicted molar refractivity (Wildman–Crippen MR) is 102 cm³/mol. The fourth-order valence-electron chi connectivity index (χ4n) is 3.69. The van der Waals surface area contributed by atoms with Crippen LogP contribution in [0.3, 0.4) is 0 Å². The molecule has 1 atom stereocenters. The summed E-state index contributed by atoms with van der Waals surface area (Å²) in [5.74, 6) is 0.144. The Bertz CT molecular complexity index is 684. The van der Waals surface area contributed by atoms with Gasteiger partial charge in [0.15, 0.2) is 0 Å². The summed E-state index contributed by atoms with van der Waals surface area (Å²) in [7, 11) is 2.06. The molecule has 154 valence electrons. The zero-order valence-corrected chi connectivity index (χ0v) is 16.2. The second kappa shape index (κ2) is 10.6. The first kappa shape index (κ1) is 21.6. The molecule has 3 heterocycles. The number of rotatable bonds is 2. The minimum atomic E-state index is -0.250. The highest BCUT2D eigenvalue weighted by Crippen LogP contribution is 2.19. The number of piperidine rings is 1. The maximum absolute atomic E-state index is 12.8. The molecule has 2 aliphatic rings. The highest BCUT2D eigenvalue weighted by atomic mass is 16.3. The summed E-state index contributed by atoms with van der Waals surface area (Å²) in [6.07, 6.45) is 5.56. The van der Waals surface area contributed by atoms with E-state index in [-0.39, 0.29) is 30.0 Å². The number of aromatic hydroxyl groups is 1. The number of carbonyl (C=O) groups is 3. The van der Waals surface area contributed by atoms with E-state index >= 15 is 0 Å². The van der Waals surface area contributed by atoms with Gasteiger partial charge in [0.05, 0.1) is 17.7 Å². The molecule has 1 aromatic rings. The van der Waals surface area contributed by atoms with Gasteiger partial charge >= 0.3 is 0 Å². The van der Waals surface area contributed by atoms with Crippen LogP contribution in [-0.2, 0) is 9.59 Å². The van der Waals surface area contributed by atoms with E-state index in [1.54, 1.807) is 4.90 Å². The van der Waals surface area contributed by atoms with Gasteiger partial charge in [-0.15, -0.1) is 0 Å². The lowest BCUT2D eigenvalue weighted by atomic mass is 9.97. The van der Waals surface area contributed by atoms with Gasteiger partial charge in [0.25, 0.3) is 12.4 Å². The number of hydrogen-bond acceptors (Lipinski definition) is 6. The Labute approximate surface area is 164 Å². The highest BCUT2D eigenvalue weighted by Gasteiger charge is 2.30. The third-order valence-corrected chi connectivity index (χ3v) is 5.04. The Kier molecular flexibility index (Phi) is 8.19. The van der Waals surface area contributed by atoms with Crippen molar-refractivity contribution in [3.63, 3.8) is 0 Å². The molecule has 0 spiro atoms. The van der Waals surface area contributed by atoms with Crippen molar-refractivity contribution in [1.82, 2.24) is 19.7 Å². The van der Waals surface area contributed by atoms with Gasteiger partial charge in [0.2, 0.25) is 5.91 Å². The second-order valence-corrected chi connectivity index (χ2v) is 7.11. The molecular formula is C19H28N4O5. The third-order valence-electron chi connectivity index (χ3n) is 5.04. The molecule has 9 heteroatoms. The van der Waals surface area contributed by atoms with E-state index in [1.165, 1.54) is 18.5 Å². The molecule has 9 nitrogen and oxygen atoms in total. The lowest BCUT2D eigenvalue weighted by Crippen LogP contribution is -2.45. The van der Waals surface area contributed by atoms with Crippen LogP contribution in [0, 0.1) is 5.92 Å². The molecule has 2 N–H and O–H groups in total. The van der Waals surface area contributed by atoms with Crippen molar-refractivity contribution < 1.29 is 24.6 Å². The van der Waals surface area contributed by atoms with E-state index in [1.807, 2.05) is 4.90 Å². The smallest absolute Gasteiger partial charge is 0.290 e. The number of nitrogens with zero attached hydrogens (tertiary/aromatic N) is 4. The first-order chi connectivity index (χ1) is 13.5. The lowest BCUT2D eigenvalue weighted by Gasteiger charge is -2.32. The first-order valence-corrected chi connectivity index (χ1v) is 9.44. The largest absolute Gasteiger partial charge is 0.506 e. The van der Waals surface area contributed by atoms with E-state index in [9.17, 15) is 14.7 Å². The molecule has 0 radical (unpaired) electrons. The molecule has 2 amide bonds. The van der Waals surface area contributed by atoms with Gasteiger partial charge in [-0.25, -0.2) is 0 Å². The van der Waals surface area contributed by atoms with Crippen LogP contribution in [0.4, 0.5) is 0 Å². The molecule has 0 aliphatic carbocycles. The van der Waals surface area contributed by atoms with E-state index < -0.39 is 0 Å². The third kappa shape index (κ3) is 5.91. The molecule has 2 fully saturated rings. The Balaban J connectivity index is 0.000000878. The van der Waals surface area contributed by atoms with Gasteiger partial charge in [-0.1, -0.05) is 0 Å². The van der Waals surface area contributed by atoms with E-state index in [0.717, 1.165) is 32.4 Å². The number of pyridine rings is 1. The Hall–Kier alpha value is -2.68. The molecule has 3 rings (SSSR count). The standard InChI is InChI=1S/C18H26N4O3.CH2O2/c1-20-5-2-4-14(13-20)17(24)21-6-3-7-22(9-8-21)18(25)15-10-16(23)12-19-11-15;2-1-3/h10-12,14,23H,2-9,13H2,1H3;1H,(H,2,3). The molecule has 2 saturated heterocycles. The molecule has 1 aromatic heterocycles. The molecular weight excluding hydrogens is 364 g/mol. The van der Waals surface area contributed by atoms with Crippen LogP contribution in [0.15, 0.2) is 18.5 Å². The van der Waals surface area contributed by atoms with Crippen LogP contribution in [0.1, 0.15) is 29.6 Å². The fraction of sp³-hybridized carbons (Fsp3) is 0.579. The van der Waals surface area contributed by atoms with Gasteiger partial charge in [-0.3, -0.25) is 19.4 Å². The number of likely N-dealkylation sites (tertiary alicyclic amines) is 1. The number of hydrogen-bond donors (Lipinski definition) is 2. The predicted octanol–water partition coefficient (Wildman–Crippen LogP) is 0.504. The van der Waals surface area contributed by atoms with Crippen LogP contribution < -0.4 is 0 Å². The highest BCUT2D eigenvalue weighted by molar-refractivity contribution is 5.94. The maximum atomic E-state index is 12.8. The summed E-state index contributed by atoms with van der Waals surface area (Å²) >= 11 is 0. The monoisotopic (exact) mass is 392 g/mol. The van der Waals surface area contributed by atoms with Gasteiger partial charge in [-0.05, 0) is 38.9 Å². The van der Waals surface area contributed by atoms with Crippen molar-refractivity contribution in [2.45, 2.75) is 19.3 Å². The van der Waals surface area contributed by atoms with E-state index in [2.05, 4.69) is 16.9 Å². The summed E-state index contributed by atoms with van der Waals surface area (Å²) in [6, 6.07) is 1.43. The number of amides is 2. The minimum Gasteiger partial charge on any atom is -0.506 e. The zero-order chi connectivity index (χ0) is 20.5. The Morgan fingerprint density at radius 1 is 1.11 bits per heavy atom. The number of carbonyl (C=O) groups excluding carboxylic acids is 2. The SMILES string of the molecule is CN1CCCC(C(=O)N2CCCN(C(=O)c3cncc(O)c3)CC2)C1.O=CO. The summed E-state index contributed by atoms with van der Waals surface area (Å²) in [6.45, 7) is 4.03. The summed E-state index contributed by atoms with van der Waals surface area (Å²) < 4.78 is 0. The fourth-order valence-corrected chi connectivity index (χ4v) is 3.69. The lowest BCUT2D eigenvalue weighted by molar-refractivity contribution is -0.137.